The van der Waals surface area contributed by atoms with Crippen molar-refractivity contribution in [3.63, 3.8) is 0 Å². The Hall–Kier alpha value is -4.85. The Bertz CT molecular complexity index is 2050. The predicted molar refractivity (Wildman–Crippen MR) is 200 cm³/mol. The van der Waals surface area contributed by atoms with Crippen LogP contribution in [0, 0.1) is 11.7 Å². The number of aliphatic hydroxyl groups is 8. The molecule has 16 heteroatoms. The quantitative estimate of drug-likeness (QED) is 0.0922. The Morgan fingerprint density at radius 1 is 0.776 bits per heavy atom. The molecule has 3 heterocycles. The summed E-state index contributed by atoms with van der Waals surface area (Å²) in [6.45, 7) is -0.596. The lowest BCUT2D eigenvalue weighted by Crippen LogP contribution is -2.61. The fourth-order valence-electron chi connectivity index (χ4n) is 7.83. The number of carbonyl (C=O) groups excluding carboxylic acids is 1. The summed E-state index contributed by atoms with van der Waals surface area (Å²) in [4.78, 5) is 27.4. The number of aliphatic hydroxyl groups excluding tert-OH is 8. The second-order valence-electron chi connectivity index (χ2n) is 14.7. The molecular formula is C42H44FNO14. The van der Waals surface area contributed by atoms with E-state index >= 15 is 0 Å². The van der Waals surface area contributed by atoms with Crippen LogP contribution in [-0.4, -0.2) is 120 Å². The number of carbonyl (C=O) groups is 2. The van der Waals surface area contributed by atoms with E-state index in [-0.39, 0.29) is 24.5 Å². The minimum atomic E-state index is -1.98. The van der Waals surface area contributed by atoms with Gasteiger partial charge >= 0.3 is 5.97 Å². The van der Waals surface area contributed by atoms with Crippen molar-refractivity contribution in [2.45, 2.75) is 86.2 Å². The maximum atomic E-state index is 13.9. The van der Waals surface area contributed by atoms with Crippen LogP contribution in [0.5, 0.6) is 5.75 Å². The normalized spacial score (nSPS) is 31.7. The van der Waals surface area contributed by atoms with Crippen molar-refractivity contribution in [3.05, 3.63) is 120 Å². The van der Waals surface area contributed by atoms with E-state index in [1.54, 1.807) is 77.7 Å². The fourth-order valence-corrected chi connectivity index (χ4v) is 7.83. The highest BCUT2D eigenvalue weighted by Crippen LogP contribution is 2.50. The predicted octanol–water partition coefficient (Wildman–Crippen LogP) is 1.50. The number of hydrogen-bond donors (Lipinski definition) is 9. The van der Waals surface area contributed by atoms with Gasteiger partial charge in [-0.15, -0.1) is 0 Å². The number of carboxylic acids is 1. The number of halogens is 1. The maximum Gasteiger partial charge on any atom is 0.335 e. The molecule has 3 aliphatic heterocycles. The van der Waals surface area contributed by atoms with Crippen molar-refractivity contribution in [2.75, 3.05) is 11.5 Å². The number of aliphatic carboxylic acids is 1. The Morgan fingerprint density at radius 3 is 2.09 bits per heavy atom. The molecule has 0 aliphatic carbocycles. The van der Waals surface area contributed by atoms with E-state index in [1.807, 2.05) is 0 Å². The first kappa shape index (κ1) is 41.3. The summed E-state index contributed by atoms with van der Waals surface area (Å²) >= 11 is 0. The average molecular weight is 806 g/mol. The number of nitrogens with zero attached hydrogens (tertiary/aromatic N) is 1. The highest BCUT2D eigenvalue weighted by atomic mass is 19.1. The molecule has 3 fully saturated rings. The van der Waals surface area contributed by atoms with E-state index in [0.717, 1.165) is 0 Å². The largest absolute Gasteiger partial charge is 0.479 e. The van der Waals surface area contributed by atoms with Gasteiger partial charge in [-0.05, 0) is 65.4 Å². The summed E-state index contributed by atoms with van der Waals surface area (Å²) in [6, 6.07) is 25.0. The van der Waals surface area contributed by atoms with E-state index in [4.69, 9.17) is 14.2 Å². The zero-order valence-electron chi connectivity index (χ0n) is 30.8. The van der Waals surface area contributed by atoms with Crippen LogP contribution in [0.15, 0.2) is 97.1 Å². The van der Waals surface area contributed by atoms with Crippen molar-refractivity contribution < 1.29 is 74.1 Å². The third-order valence-corrected chi connectivity index (χ3v) is 11.1. The van der Waals surface area contributed by atoms with Gasteiger partial charge in [-0.2, -0.15) is 0 Å². The first-order valence-electron chi connectivity index (χ1n) is 18.7. The molecule has 0 bridgehead atoms. The molecule has 0 saturated carbocycles. The average Bonchev–Trinajstić information content (AvgIpc) is 3.23. The molecule has 0 unspecified atom stereocenters. The van der Waals surface area contributed by atoms with Gasteiger partial charge in [0.05, 0.1) is 24.7 Å². The molecule has 13 atom stereocenters. The Balaban J connectivity index is 1.25. The molecular weight excluding hydrogens is 761 g/mol. The van der Waals surface area contributed by atoms with Crippen LogP contribution < -0.4 is 9.64 Å². The van der Waals surface area contributed by atoms with Crippen molar-refractivity contribution >= 4 is 17.6 Å². The smallest absolute Gasteiger partial charge is 0.335 e. The van der Waals surface area contributed by atoms with Gasteiger partial charge in [0, 0.05) is 11.3 Å². The molecule has 1 amide bonds. The number of ether oxygens (including phenoxy) is 3. The van der Waals surface area contributed by atoms with E-state index in [1.165, 1.54) is 24.3 Å². The van der Waals surface area contributed by atoms with Crippen molar-refractivity contribution in [1.82, 2.24) is 0 Å². The van der Waals surface area contributed by atoms with Gasteiger partial charge in [0.15, 0.2) is 6.10 Å². The number of benzene rings is 4. The van der Waals surface area contributed by atoms with E-state index in [2.05, 4.69) is 0 Å². The second kappa shape index (κ2) is 17.2. The van der Waals surface area contributed by atoms with Crippen LogP contribution in [0.2, 0.25) is 0 Å². The van der Waals surface area contributed by atoms with E-state index in [9.17, 15) is 59.9 Å². The Labute approximate surface area is 331 Å². The van der Waals surface area contributed by atoms with Gasteiger partial charge < -0.3 is 65.1 Å². The molecule has 58 heavy (non-hydrogen) atoms. The van der Waals surface area contributed by atoms with E-state index < -0.39 is 97.7 Å². The van der Waals surface area contributed by atoms with Crippen LogP contribution >= 0.6 is 0 Å². The number of hydrogen-bond acceptors (Lipinski definition) is 13. The first-order chi connectivity index (χ1) is 27.8. The molecule has 15 nitrogen and oxygen atoms in total. The summed E-state index contributed by atoms with van der Waals surface area (Å²) in [7, 11) is 0. The summed E-state index contributed by atoms with van der Waals surface area (Å²) in [5.74, 6) is -3.04. The highest BCUT2D eigenvalue weighted by Gasteiger charge is 2.52. The fraction of sp³-hybridized carbons (Fsp3) is 0.381. The molecule has 0 spiro atoms. The van der Waals surface area contributed by atoms with Gasteiger partial charge in [0.2, 0.25) is 12.2 Å². The maximum absolute atomic E-state index is 13.9. The van der Waals surface area contributed by atoms with Gasteiger partial charge in [0.25, 0.3) is 0 Å². The Kier molecular flexibility index (Phi) is 12.2. The van der Waals surface area contributed by atoms with Gasteiger partial charge in [-0.3, -0.25) is 4.79 Å². The van der Waals surface area contributed by atoms with Crippen LogP contribution in [0.25, 0.3) is 11.1 Å². The van der Waals surface area contributed by atoms with Crippen molar-refractivity contribution in [1.29, 1.82) is 0 Å². The minimum Gasteiger partial charge on any atom is -0.479 e. The monoisotopic (exact) mass is 805 g/mol. The van der Waals surface area contributed by atoms with Crippen LogP contribution in [0.1, 0.15) is 47.8 Å². The summed E-state index contributed by atoms with van der Waals surface area (Å²) < 4.78 is 31.0. The molecule has 0 radical (unpaired) electrons. The molecule has 308 valence electrons. The topological polar surface area (TPSA) is 247 Å². The summed E-state index contributed by atoms with van der Waals surface area (Å²) in [6.07, 6.45) is -17.1. The van der Waals surface area contributed by atoms with Crippen molar-refractivity contribution in [3.8, 4) is 16.9 Å². The number of amides is 1. The number of rotatable bonds is 12. The standard InChI is InChI=1S/C42H44FNO14/c43-24-13-10-21(11-14-24)28(46)17-16-27-31(44(40(27)53)25-4-2-1-3-5-25)26-15-12-23(18-29(26)57-42-37(52)34(49)36(51)39(58-42)41(54)55)20-6-8-22(9-7-20)38-35(50)33(48)32(47)30(19-45)56-38/h1-15,18,27-28,30-39,42,45-52H,16-17,19H2,(H,54,55)/t27-,28+,30-,31-,32-,33+,34+,35-,36+,37-,38+,39+,42-/m1/s1. The lowest BCUT2D eigenvalue weighted by molar-refractivity contribution is -0.271. The molecule has 4 aromatic rings. The van der Waals surface area contributed by atoms with Crippen LogP contribution in [0.4, 0.5) is 10.1 Å². The highest BCUT2D eigenvalue weighted by molar-refractivity contribution is 6.03. The lowest BCUT2D eigenvalue weighted by atomic mass is 9.77. The van der Waals surface area contributed by atoms with Crippen molar-refractivity contribution in [2.24, 2.45) is 5.92 Å². The molecule has 9 N–H and O–H groups in total. The van der Waals surface area contributed by atoms with Crippen LogP contribution in [-0.2, 0) is 19.1 Å². The zero-order chi connectivity index (χ0) is 41.4. The zero-order valence-corrected chi connectivity index (χ0v) is 30.8. The Morgan fingerprint density at radius 2 is 1.43 bits per heavy atom. The summed E-state index contributed by atoms with van der Waals surface area (Å²) in [5.41, 5.74) is 2.93. The van der Waals surface area contributed by atoms with Gasteiger partial charge in [-0.1, -0.05) is 66.7 Å². The number of para-hydroxylation sites is 1. The number of anilines is 1. The first-order valence-corrected chi connectivity index (χ1v) is 18.7. The number of β-lactam (4-membered cyclic amide) rings is 1. The third kappa shape index (κ3) is 7.96. The summed E-state index contributed by atoms with van der Waals surface area (Å²) in [5, 5.41) is 93.4. The molecule has 7 rings (SSSR count). The number of carboxylic acid groups (broad SMARTS) is 1. The van der Waals surface area contributed by atoms with Crippen LogP contribution in [0.3, 0.4) is 0 Å². The molecule has 4 aromatic carbocycles. The molecule has 3 saturated heterocycles. The third-order valence-electron chi connectivity index (χ3n) is 11.1. The SMILES string of the molecule is O=C(O)[C@H]1O[C@@H](Oc2cc(-c3ccc([C@@H]4O[C@H](CO)[C@@H](O)[C@H](O)[C@H]4O)cc3)ccc2[C@@H]2[C@@H](CC[C@H](O)c3ccc(F)cc3)C(=O)N2c2ccccc2)[C@H](O)[C@@H](O)[C@@H]1O. The second-order valence-corrected chi connectivity index (χ2v) is 14.7. The van der Waals surface area contributed by atoms with Gasteiger partial charge in [-0.25, -0.2) is 9.18 Å². The van der Waals surface area contributed by atoms with E-state index in [0.29, 0.717) is 33.5 Å². The lowest BCUT2D eigenvalue weighted by Gasteiger charge is -2.48. The van der Waals surface area contributed by atoms with Gasteiger partial charge in [0.1, 0.15) is 60.4 Å². The molecule has 0 aromatic heterocycles. The minimum absolute atomic E-state index is 0.0230. The molecule has 3 aliphatic rings.